The molecule has 0 amide bonds. The van der Waals surface area contributed by atoms with Gasteiger partial charge < -0.3 is 0 Å². The van der Waals surface area contributed by atoms with E-state index in [0.717, 1.165) is 20.9 Å². The maximum Gasteiger partial charge on any atom is 0.140 e. The highest BCUT2D eigenvalue weighted by atomic mass is 79.9. The number of halogens is 2. The van der Waals surface area contributed by atoms with E-state index >= 15 is 0 Å². The zero-order chi connectivity index (χ0) is 9.42. The Labute approximate surface area is 89.1 Å². The number of hydrogen-bond acceptors (Lipinski definition) is 2. The van der Waals surface area contributed by atoms with Crippen LogP contribution in [0.2, 0.25) is 5.15 Å². The molecular formula is C9H6BrClN2. The Morgan fingerprint density at radius 1 is 1.31 bits per heavy atom. The fraction of sp³-hybridized carbons (Fsp3) is 0.111. The molecule has 1 aromatic carbocycles. The molecule has 0 spiro atoms. The summed E-state index contributed by atoms with van der Waals surface area (Å²) in [5.74, 6) is 0. The summed E-state index contributed by atoms with van der Waals surface area (Å²) in [6.45, 7) is 2.01. The Bertz CT molecular complexity index is 470. The van der Waals surface area contributed by atoms with Crippen LogP contribution in [0.4, 0.5) is 0 Å². The van der Waals surface area contributed by atoms with Gasteiger partial charge in [0.2, 0.25) is 0 Å². The summed E-state index contributed by atoms with van der Waals surface area (Å²) < 4.78 is 1.02. The minimum Gasteiger partial charge on any atom is -0.236 e. The minimum atomic E-state index is 0.491. The molecule has 4 heteroatoms. The maximum absolute atomic E-state index is 5.91. The standard InChI is InChI=1S/C9H6BrClN2/c1-5-2-8-6(3-7(5)10)9(11)13-4-12-8/h2-4H,1H3. The third-order valence-corrected chi connectivity index (χ3v) is 3.02. The molecule has 2 rings (SSSR count). The summed E-state index contributed by atoms with van der Waals surface area (Å²) in [7, 11) is 0. The van der Waals surface area contributed by atoms with Crippen molar-refractivity contribution in [3.8, 4) is 0 Å². The second kappa shape index (κ2) is 3.24. The van der Waals surface area contributed by atoms with Crippen molar-refractivity contribution in [1.82, 2.24) is 9.97 Å². The summed E-state index contributed by atoms with van der Waals surface area (Å²) in [5.41, 5.74) is 2.02. The van der Waals surface area contributed by atoms with Crippen LogP contribution in [0, 0.1) is 6.92 Å². The summed E-state index contributed by atoms with van der Waals surface area (Å²) in [6, 6.07) is 3.92. The second-order valence-corrected chi connectivity index (χ2v) is 4.00. The molecule has 13 heavy (non-hydrogen) atoms. The van der Waals surface area contributed by atoms with Crippen LogP contribution in [-0.4, -0.2) is 9.97 Å². The average molecular weight is 258 g/mol. The predicted octanol–water partition coefficient (Wildman–Crippen LogP) is 3.35. The highest BCUT2D eigenvalue weighted by Crippen LogP contribution is 2.25. The lowest BCUT2D eigenvalue weighted by Crippen LogP contribution is -1.85. The predicted molar refractivity (Wildman–Crippen MR) is 57.0 cm³/mol. The number of hydrogen-bond donors (Lipinski definition) is 0. The van der Waals surface area contributed by atoms with Crippen LogP contribution in [0.5, 0.6) is 0 Å². The second-order valence-electron chi connectivity index (χ2n) is 2.78. The average Bonchev–Trinajstić information content (AvgIpc) is 2.09. The Morgan fingerprint density at radius 2 is 2.08 bits per heavy atom. The number of nitrogens with zero attached hydrogens (tertiary/aromatic N) is 2. The molecule has 1 aromatic heterocycles. The number of rotatable bonds is 0. The van der Waals surface area contributed by atoms with Crippen molar-refractivity contribution in [2.24, 2.45) is 0 Å². The molecule has 0 N–H and O–H groups in total. The van der Waals surface area contributed by atoms with Gasteiger partial charge in [-0.3, -0.25) is 0 Å². The first kappa shape index (κ1) is 8.91. The van der Waals surface area contributed by atoms with E-state index in [9.17, 15) is 0 Å². The molecule has 0 aliphatic rings. The van der Waals surface area contributed by atoms with Gasteiger partial charge >= 0.3 is 0 Å². The van der Waals surface area contributed by atoms with Gasteiger partial charge in [-0.05, 0) is 24.6 Å². The van der Waals surface area contributed by atoms with Gasteiger partial charge in [-0.15, -0.1) is 0 Å². The summed E-state index contributed by atoms with van der Waals surface area (Å²) in [5, 5.41) is 1.37. The van der Waals surface area contributed by atoms with E-state index < -0.39 is 0 Å². The van der Waals surface area contributed by atoms with Gasteiger partial charge in [-0.2, -0.15) is 0 Å². The quantitative estimate of drug-likeness (QED) is 0.676. The van der Waals surface area contributed by atoms with Crippen molar-refractivity contribution in [1.29, 1.82) is 0 Å². The molecule has 0 fully saturated rings. The van der Waals surface area contributed by atoms with E-state index in [1.165, 1.54) is 6.33 Å². The molecule has 0 radical (unpaired) electrons. The smallest absolute Gasteiger partial charge is 0.140 e. The van der Waals surface area contributed by atoms with Crippen LogP contribution >= 0.6 is 27.5 Å². The van der Waals surface area contributed by atoms with E-state index in [1.54, 1.807) is 0 Å². The summed E-state index contributed by atoms with van der Waals surface area (Å²) >= 11 is 9.35. The number of benzene rings is 1. The first-order valence-corrected chi connectivity index (χ1v) is 4.92. The highest BCUT2D eigenvalue weighted by Gasteiger charge is 2.03. The van der Waals surface area contributed by atoms with Gasteiger partial charge in [0.1, 0.15) is 11.5 Å². The molecule has 2 nitrogen and oxygen atoms in total. The van der Waals surface area contributed by atoms with Crippen LogP contribution in [0.3, 0.4) is 0 Å². The Balaban J connectivity index is 2.89. The molecule has 1 heterocycles. The molecule has 0 aliphatic heterocycles. The van der Waals surface area contributed by atoms with Crippen molar-refractivity contribution < 1.29 is 0 Å². The monoisotopic (exact) mass is 256 g/mol. The van der Waals surface area contributed by atoms with Crippen molar-refractivity contribution >= 4 is 38.4 Å². The topological polar surface area (TPSA) is 25.8 Å². The molecular weight excluding hydrogens is 251 g/mol. The first-order valence-electron chi connectivity index (χ1n) is 3.75. The SMILES string of the molecule is Cc1cc2ncnc(Cl)c2cc1Br. The molecule has 0 saturated carbocycles. The molecule has 0 unspecified atom stereocenters. The van der Waals surface area contributed by atoms with Crippen molar-refractivity contribution in [3.05, 3.63) is 33.6 Å². The lowest BCUT2D eigenvalue weighted by molar-refractivity contribution is 1.22. The Kier molecular flexibility index (Phi) is 2.22. The molecule has 0 bridgehead atoms. The van der Waals surface area contributed by atoms with Gasteiger partial charge in [0, 0.05) is 9.86 Å². The van der Waals surface area contributed by atoms with Crippen LogP contribution in [0.1, 0.15) is 5.56 Å². The Morgan fingerprint density at radius 3 is 2.85 bits per heavy atom. The van der Waals surface area contributed by atoms with Gasteiger partial charge in [0.05, 0.1) is 5.52 Å². The van der Waals surface area contributed by atoms with Gasteiger partial charge in [0.25, 0.3) is 0 Å². The Hall–Kier alpha value is -0.670. The van der Waals surface area contributed by atoms with Gasteiger partial charge in [-0.25, -0.2) is 9.97 Å². The number of aromatic nitrogens is 2. The first-order chi connectivity index (χ1) is 6.18. The van der Waals surface area contributed by atoms with Gasteiger partial charge in [-0.1, -0.05) is 27.5 Å². The molecule has 0 atom stereocenters. The van der Waals surface area contributed by atoms with Gasteiger partial charge in [0.15, 0.2) is 0 Å². The largest absolute Gasteiger partial charge is 0.236 e. The van der Waals surface area contributed by atoms with E-state index in [1.807, 2.05) is 19.1 Å². The summed E-state index contributed by atoms with van der Waals surface area (Å²) in [4.78, 5) is 8.04. The van der Waals surface area contributed by atoms with Crippen molar-refractivity contribution in [2.45, 2.75) is 6.92 Å². The van der Waals surface area contributed by atoms with E-state index in [-0.39, 0.29) is 0 Å². The minimum absolute atomic E-state index is 0.491. The number of aryl methyl sites for hydroxylation is 1. The normalized spacial score (nSPS) is 10.7. The third-order valence-electron chi connectivity index (χ3n) is 1.87. The van der Waals surface area contributed by atoms with Crippen LogP contribution in [0.15, 0.2) is 22.9 Å². The lowest BCUT2D eigenvalue weighted by atomic mass is 10.2. The molecule has 0 saturated heterocycles. The maximum atomic E-state index is 5.91. The van der Waals surface area contributed by atoms with Crippen molar-refractivity contribution in [3.63, 3.8) is 0 Å². The van der Waals surface area contributed by atoms with E-state index in [4.69, 9.17) is 11.6 Å². The van der Waals surface area contributed by atoms with E-state index in [2.05, 4.69) is 25.9 Å². The third kappa shape index (κ3) is 1.54. The van der Waals surface area contributed by atoms with Crippen LogP contribution in [0.25, 0.3) is 10.9 Å². The fourth-order valence-corrected chi connectivity index (χ4v) is 1.69. The fourth-order valence-electron chi connectivity index (χ4n) is 1.15. The molecule has 2 aromatic rings. The van der Waals surface area contributed by atoms with E-state index in [0.29, 0.717) is 5.15 Å². The zero-order valence-electron chi connectivity index (χ0n) is 6.88. The lowest BCUT2D eigenvalue weighted by Gasteiger charge is -2.02. The zero-order valence-corrected chi connectivity index (χ0v) is 9.22. The van der Waals surface area contributed by atoms with Crippen molar-refractivity contribution in [2.75, 3.05) is 0 Å². The molecule has 0 aliphatic carbocycles. The van der Waals surface area contributed by atoms with Crippen LogP contribution in [-0.2, 0) is 0 Å². The summed E-state index contributed by atoms with van der Waals surface area (Å²) in [6.07, 6.45) is 1.47. The molecule has 66 valence electrons. The number of fused-ring (bicyclic) bond motifs is 1. The highest BCUT2D eigenvalue weighted by molar-refractivity contribution is 9.10. The van der Waals surface area contributed by atoms with Crippen LogP contribution < -0.4 is 0 Å².